The number of aromatic nitrogens is 1. The first-order valence-corrected chi connectivity index (χ1v) is 32.1. The van der Waals surface area contributed by atoms with E-state index in [1.807, 2.05) is 56.5 Å². The van der Waals surface area contributed by atoms with E-state index in [0.29, 0.717) is 43.5 Å². The minimum absolute atomic E-state index is 0.0609. The number of nitrogens with two attached hydrogens (primary N) is 2. The van der Waals surface area contributed by atoms with Crippen LogP contribution in [0.25, 0.3) is 0 Å². The van der Waals surface area contributed by atoms with Crippen LogP contribution >= 0.6 is 11.3 Å². The highest BCUT2D eigenvalue weighted by Gasteiger charge is 2.44. The highest BCUT2D eigenvalue weighted by atomic mass is 32.1. The number of nitrogens with one attached hydrogen (secondary N) is 8. The maximum atomic E-state index is 14.7. The fraction of sp³-hybridized carbons (Fsp3) is 0.609. The smallest absolute Gasteiger partial charge is 0.408 e. The fourth-order valence-corrected chi connectivity index (χ4v) is 11.7. The number of amides is 11. The van der Waals surface area contributed by atoms with Crippen LogP contribution in [0.5, 0.6) is 0 Å². The summed E-state index contributed by atoms with van der Waals surface area (Å²) in [4.78, 5) is 142. The Kier molecular flexibility index (Phi) is 30.7. The lowest BCUT2D eigenvalue weighted by atomic mass is 9.89. The first-order valence-electron chi connectivity index (χ1n) is 31.2. The Hall–Kier alpha value is -7.75. The summed E-state index contributed by atoms with van der Waals surface area (Å²) in [6.45, 7) is 17.3. The molecule has 11 amide bonds. The van der Waals surface area contributed by atoms with Crippen LogP contribution in [0.15, 0.2) is 66.2 Å². The van der Waals surface area contributed by atoms with E-state index in [0.717, 1.165) is 10.6 Å². The second-order valence-electron chi connectivity index (χ2n) is 24.5. The van der Waals surface area contributed by atoms with Gasteiger partial charge < -0.3 is 78.0 Å². The number of anilines is 1. The van der Waals surface area contributed by atoms with Gasteiger partial charge in [-0.3, -0.25) is 38.4 Å². The number of hydrogen-bond donors (Lipinski definition) is 10. The van der Waals surface area contributed by atoms with Crippen molar-refractivity contribution in [2.24, 2.45) is 35.1 Å². The minimum atomic E-state index is -1.59. The largest absolute Gasteiger partial charge is 0.445 e. The van der Waals surface area contributed by atoms with Crippen LogP contribution in [0.1, 0.15) is 136 Å². The van der Waals surface area contributed by atoms with Crippen molar-refractivity contribution < 1.29 is 62.2 Å². The Morgan fingerprint density at radius 3 is 2.02 bits per heavy atom. The topological polar surface area (TPSA) is 366 Å². The lowest BCUT2D eigenvalue weighted by molar-refractivity contribution is -0.148. The third kappa shape index (κ3) is 23.2. The van der Waals surface area contributed by atoms with Crippen molar-refractivity contribution >= 4 is 76.4 Å². The van der Waals surface area contributed by atoms with Gasteiger partial charge in [0, 0.05) is 58.5 Å². The van der Waals surface area contributed by atoms with Crippen molar-refractivity contribution in [3.63, 3.8) is 0 Å². The zero-order valence-electron chi connectivity index (χ0n) is 55.1. The summed E-state index contributed by atoms with van der Waals surface area (Å²) >= 11 is 1.47. The summed E-state index contributed by atoms with van der Waals surface area (Å²) in [7, 11) is 4.69. The average Bonchev–Trinajstić information content (AvgIpc) is 2.82. The Bertz CT molecular complexity index is 2860. The standard InChI is InChI=1S/C64H99N13O13S/c1-14-39(6)53(49(88-12)35-50(79)77-32-19-23-48(77)54(89-13)40(7)55(80)72-47(59-67-31-33-91-59)34-42-20-16-15-17-21-42)76(11)60(84)52(38(4)5)74-61(85)64(9,10)75-63(87)90-36-43-24-26-44(27-25-43)70-56(81)45(22-18-30-68-62(66)86)71-58(83)51(37(2)3)73-57(82)46(28-29-65)69-41(8)78/h15-17,20-21,24-27,31,33,37-40,45-49,51-54H,14,18-19,22-23,28-30,32,34-36,65H2,1-13H3,(H,69,78)(H,70,81)(H,71,83)(H,72,80)(H,73,82)(H,74,85)(H,75,87)(H3,66,68,86)/t39-,40+,45-,46-,47-,48-,49+,51-,52-,53-,54+/m0/s1. The SMILES string of the molecule is CC[C@H](C)[C@@H]([C@@H](CC(=O)N1CCC[C@H]1[C@H](OC)[C@@H](C)C(=O)N[C@@H](Cc1ccccc1)c1nccs1)OC)N(C)C(=O)[C@@H](NC(=O)C(C)(C)NC(=O)OCc1ccc(NC(=O)[C@H](CCCNC(N)=O)NC(=O)[C@@H](NC(=O)[C@H](CCN)NC(C)=O)C(C)C)cc1)C(C)C. The molecular formula is C64H99N13O13S. The molecule has 27 heteroatoms. The lowest BCUT2D eigenvalue weighted by Gasteiger charge is -2.41. The number of methoxy groups -OCH3 is 2. The number of nitrogens with zero attached hydrogens (tertiary/aromatic N) is 3. The van der Waals surface area contributed by atoms with E-state index < -0.39 is 119 Å². The second-order valence-corrected chi connectivity index (χ2v) is 25.4. The Morgan fingerprint density at radius 2 is 1.45 bits per heavy atom. The number of rotatable bonds is 36. The lowest BCUT2D eigenvalue weighted by Crippen LogP contribution is -2.62. The number of carbonyl (C=O) groups is 10. The van der Waals surface area contributed by atoms with Crippen LogP contribution in [0.4, 0.5) is 15.3 Å². The molecule has 0 saturated carbocycles. The number of likely N-dealkylation sites (N-methyl/N-ethyl adjacent to an activating group) is 1. The molecule has 12 N–H and O–H groups in total. The number of ether oxygens (including phenoxy) is 3. The monoisotopic (exact) mass is 1290 g/mol. The van der Waals surface area contributed by atoms with Crippen LogP contribution in [0.3, 0.4) is 0 Å². The van der Waals surface area contributed by atoms with Gasteiger partial charge in [0.15, 0.2) is 0 Å². The van der Waals surface area contributed by atoms with Gasteiger partial charge in [0.25, 0.3) is 0 Å². The molecule has 0 radical (unpaired) electrons. The number of benzene rings is 2. The fourth-order valence-electron chi connectivity index (χ4n) is 11.0. The molecule has 0 unspecified atom stereocenters. The molecule has 0 aliphatic carbocycles. The molecule has 1 saturated heterocycles. The van der Waals surface area contributed by atoms with Crippen molar-refractivity contribution in [1.82, 2.24) is 52.0 Å². The molecule has 0 bridgehead atoms. The normalized spacial score (nSPS) is 16.5. The van der Waals surface area contributed by atoms with Crippen LogP contribution in [0, 0.1) is 23.7 Å². The number of carbonyl (C=O) groups excluding carboxylic acids is 10. The number of urea groups is 1. The third-order valence-corrected chi connectivity index (χ3v) is 17.3. The minimum Gasteiger partial charge on any atom is -0.445 e. The van der Waals surface area contributed by atoms with E-state index in [-0.39, 0.29) is 69.2 Å². The van der Waals surface area contributed by atoms with Gasteiger partial charge in [-0.2, -0.15) is 0 Å². The van der Waals surface area contributed by atoms with Gasteiger partial charge in [0.05, 0.1) is 42.7 Å². The number of alkyl carbamates (subject to hydrolysis) is 1. The summed E-state index contributed by atoms with van der Waals surface area (Å²) in [6.07, 6.45) is 2.20. The van der Waals surface area contributed by atoms with Crippen LogP contribution < -0.4 is 54.0 Å². The second kappa shape index (κ2) is 36.9. The molecule has 0 spiro atoms. The van der Waals surface area contributed by atoms with E-state index in [2.05, 4.69) is 47.5 Å². The maximum Gasteiger partial charge on any atom is 0.408 e. The summed E-state index contributed by atoms with van der Waals surface area (Å²) in [5.41, 5.74) is 11.2. The number of primary amides is 1. The third-order valence-electron chi connectivity index (χ3n) is 16.4. The number of likely N-dealkylation sites (tertiary alicyclic amines) is 1. The van der Waals surface area contributed by atoms with E-state index >= 15 is 0 Å². The molecule has 11 atom stereocenters. The van der Waals surface area contributed by atoms with Gasteiger partial charge in [-0.15, -0.1) is 11.3 Å². The molecule has 2 heterocycles. The molecular weight excluding hydrogens is 1190 g/mol. The Labute approximate surface area is 539 Å². The van der Waals surface area contributed by atoms with Crippen LogP contribution in [0.2, 0.25) is 0 Å². The quantitative estimate of drug-likeness (QED) is 0.0365. The van der Waals surface area contributed by atoms with Gasteiger partial charge >= 0.3 is 12.1 Å². The highest BCUT2D eigenvalue weighted by Crippen LogP contribution is 2.31. The number of thiazole rings is 1. The maximum absolute atomic E-state index is 14.7. The van der Waals surface area contributed by atoms with Crippen LogP contribution in [-0.4, -0.2) is 169 Å². The molecule has 91 heavy (non-hydrogen) atoms. The van der Waals surface area contributed by atoms with Crippen molar-refractivity contribution in [3.8, 4) is 0 Å². The van der Waals surface area contributed by atoms with E-state index in [4.69, 9.17) is 25.7 Å². The van der Waals surface area contributed by atoms with Gasteiger partial charge in [0.2, 0.25) is 47.3 Å². The molecule has 3 aromatic rings. The summed E-state index contributed by atoms with van der Waals surface area (Å²) < 4.78 is 17.7. The molecule has 1 aliphatic rings. The molecule has 26 nitrogen and oxygen atoms in total. The van der Waals surface area contributed by atoms with E-state index in [1.165, 1.54) is 39.2 Å². The van der Waals surface area contributed by atoms with Crippen molar-refractivity contribution in [2.45, 2.75) is 187 Å². The molecule has 1 aromatic heterocycles. The van der Waals surface area contributed by atoms with Gasteiger partial charge in [-0.05, 0) is 99.9 Å². The van der Waals surface area contributed by atoms with E-state index in [9.17, 15) is 47.9 Å². The van der Waals surface area contributed by atoms with Gasteiger partial charge in [-0.1, -0.05) is 97.4 Å². The van der Waals surface area contributed by atoms with Crippen molar-refractivity contribution in [1.29, 1.82) is 0 Å². The zero-order valence-corrected chi connectivity index (χ0v) is 55.9. The van der Waals surface area contributed by atoms with Gasteiger partial charge in [0.1, 0.15) is 41.3 Å². The summed E-state index contributed by atoms with van der Waals surface area (Å²) in [5, 5.41) is 24.4. The molecule has 1 fully saturated rings. The van der Waals surface area contributed by atoms with Crippen molar-refractivity contribution in [3.05, 3.63) is 82.3 Å². The molecule has 2 aromatic carbocycles. The number of hydrogen-bond acceptors (Lipinski definition) is 16. The highest BCUT2D eigenvalue weighted by molar-refractivity contribution is 7.09. The molecule has 4 rings (SSSR count). The summed E-state index contributed by atoms with van der Waals surface area (Å²) in [6, 6.07) is 9.67. The Morgan fingerprint density at radius 1 is 0.791 bits per heavy atom. The predicted molar refractivity (Wildman–Crippen MR) is 345 cm³/mol. The van der Waals surface area contributed by atoms with Crippen molar-refractivity contribution in [2.75, 3.05) is 46.2 Å². The first-order chi connectivity index (χ1) is 43.1. The summed E-state index contributed by atoms with van der Waals surface area (Å²) in [5.74, 6) is -5.58. The Balaban J connectivity index is 1.38. The molecule has 1 aliphatic heterocycles. The van der Waals surface area contributed by atoms with Crippen LogP contribution in [-0.2, 0) is 65.6 Å². The molecule has 504 valence electrons. The zero-order chi connectivity index (χ0) is 67.7. The first kappa shape index (κ1) is 75.7. The van der Waals surface area contributed by atoms with Gasteiger partial charge in [-0.25, -0.2) is 14.6 Å². The average molecular weight is 1290 g/mol. The van der Waals surface area contributed by atoms with E-state index in [1.54, 1.807) is 82.1 Å². The predicted octanol–water partition coefficient (Wildman–Crippen LogP) is 4.18.